The summed E-state index contributed by atoms with van der Waals surface area (Å²) in [6.45, 7) is 1.04. The fourth-order valence-corrected chi connectivity index (χ4v) is 2.85. The van der Waals surface area contributed by atoms with Crippen molar-refractivity contribution in [1.82, 2.24) is 0 Å². The molecule has 0 aliphatic heterocycles. The average molecular weight is 291 g/mol. The highest BCUT2D eigenvalue weighted by atomic mass is 32.2. The number of hydrogen-bond donors (Lipinski definition) is 2. The van der Waals surface area contributed by atoms with Gasteiger partial charge >= 0.3 is 0 Å². The normalized spacial score (nSPS) is 11.1. The average Bonchev–Trinajstić information content (AvgIpc) is 2.44. The number of azide groups is 1. The predicted molar refractivity (Wildman–Crippen MR) is 77.8 cm³/mol. The van der Waals surface area contributed by atoms with Gasteiger partial charge in [-0.05, 0) is 17.7 Å². The van der Waals surface area contributed by atoms with E-state index in [1.54, 1.807) is 24.3 Å². The molecule has 0 spiro atoms. The summed E-state index contributed by atoms with van der Waals surface area (Å²) in [5, 5.41) is 4.36. The summed E-state index contributed by atoms with van der Waals surface area (Å²) < 4.78 is 26.7. The third-order valence-corrected chi connectivity index (χ3v) is 3.96. The van der Waals surface area contributed by atoms with Gasteiger partial charge in [0.2, 0.25) is 0 Å². The summed E-state index contributed by atoms with van der Waals surface area (Å²) in [4.78, 5) is 2.36. The van der Waals surface area contributed by atoms with Gasteiger partial charge in [0.05, 0.1) is 4.90 Å². The first kappa shape index (κ1) is 14.1. The predicted octanol–water partition coefficient (Wildman–Crippen LogP) is 2.21. The maximum atomic E-state index is 11.9. The van der Waals surface area contributed by atoms with Crippen LogP contribution in [-0.4, -0.2) is 21.5 Å². The lowest BCUT2D eigenvalue weighted by Crippen LogP contribution is -2.13. The summed E-state index contributed by atoms with van der Waals surface area (Å²) in [5.74, 6) is 0. The number of nitrogens with zero attached hydrogens (tertiary/aromatic N) is 3. The number of rotatable bonds is 5. The van der Waals surface area contributed by atoms with E-state index in [9.17, 15) is 8.42 Å². The van der Waals surface area contributed by atoms with Crippen LogP contribution in [0.25, 0.3) is 21.2 Å². The highest BCUT2D eigenvalue weighted by Gasteiger charge is 2.16. The zero-order valence-corrected chi connectivity index (χ0v) is 11.3. The molecule has 2 aromatic rings. The van der Waals surface area contributed by atoms with E-state index in [0.717, 1.165) is 11.1 Å². The van der Waals surface area contributed by atoms with Gasteiger partial charge in [0, 0.05) is 39.0 Å². The summed E-state index contributed by atoms with van der Waals surface area (Å²) in [7, 11) is -4.02. The molecule has 0 radical (unpaired) electrons. The third-order valence-electron chi connectivity index (χ3n) is 2.76. The molecule has 0 aromatic heterocycles. The Balaban J connectivity index is 2.68. The second-order valence-electron chi connectivity index (χ2n) is 4.02. The Morgan fingerprint density at radius 3 is 2.60 bits per heavy atom. The number of hydrogen-bond acceptors (Lipinski definition) is 4. The molecule has 0 amide bonds. The fourth-order valence-electron chi connectivity index (χ4n) is 1.96. The van der Waals surface area contributed by atoms with Crippen molar-refractivity contribution in [2.75, 3.05) is 18.4 Å². The topological polar surface area (TPSA) is 121 Å². The fraction of sp³-hybridized carbons (Fsp3) is 0.167. The Morgan fingerprint density at radius 1 is 1.20 bits per heavy atom. The van der Waals surface area contributed by atoms with Crippen molar-refractivity contribution in [3.8, 4) is 0 Å². The van der Waals surface area contributed by atoms with Gasteiger partial charge in [-0.25, -0.2) is 8.42 Å². The third kappa shape index (κ3) is 2.67. The minimum Gasteiger partial charge on any atom is -0.383 e. The molecule has 0 heterocycles. The summed E-state index contributed by atoms with van der Waals surface area (Å²) in [6, 6.07) is 10.1. The Bertz CT molecular complexity index is 782. The van der Waals surface area contributed by atoms with Gasteiger partial charge < -0.3 is 11.1 Å². The smallest absolute Gasteiger partial charge is 0.264 e. The van der Waals surface area contributed by atoms with Crippen molar-refractivity contribution < 1.29 is 8.42 Å². The van der Waals surface area contributed by atoms with Gasteiger partial charge in [0.25, 0.3) is 10.0 Å². The molecule has 104 valence electrons. The van der Waals surface area contributed by atoms with Gasteiger partial charge in [-0.3, -0.25) is 0 Å². The SMILES string of the molecule is [N-]=[N+]=NS(=O)(=O)c1cccc2c(NCCN)cccc12. The molecule has 0 aliphatic carbocycles. The quantitative estimate of drug-likeness (QED) is 0.498. The summed E-state index contributed by atoms with van der Waals surface area (Å²) >= 11 is 0. The van der Waals surface area contributed by atoms with Gasteiger partial charge in [0.1, 0.15) is 0 Å². The van der Waals surface area contributed by atoms with Gasteiger partial charge in [-0.15, -0.1) is 0 Å². The zero-order chi connectivity index (χ0) is 14.6. The number of nitrogens with one attached hydrogen (secondary N) is 1. The van der Waals surface area contributed by atoms with Crippen molar-refractivity contribution in [3.05, 3.63) is 46.8 Å². The van der Waals surface area contributed by atoms with E-state index in [-0.39, 0.29) is 4.90 Å². The van der Waals surface area contributed by atoms with Crippen molar-refractivity contribution in [3.63, 3.8) is 0 Å². The minimum absolute atomic E-state index is 0.0100. The molecular formula is C12H13N5O2S. The first-order valence-electron chi connectivity index (χ1n) is 5.87. The summed E-state index contributed by atoms with van der Waals surface area (Å²) in [5.41, 5.74) is 14.6. The summed E-state index contributed by atoms with van der Waals surface area (Å²) in [6.07, 6.45) is 0. The molecule has 0 saturated carbocycles. The van der Waals surface area contributed by atoms with Crippen LogP contribution < -0.4 is 11.1 Å². The number of anilines is 1. The molecule has 8 heteroatoms. The van der Waals surface area contributed by atoms with Crippen LogP contribution in [0.1, 0.15) is 0 Å². The van der Waals surface area contributed by atoms with E-state index in [1.165, 1.54) is 6.07 Å². The van der Waals surface area contributed by atoms with Crippen LogP contribution in [-0.2, 0) is 10.0 Å². The molecule has 7 nitrogen and oxygen atoms in total. The van der Waals surface area contributed by atoms with Gasteiger partial charge in [0.15, 0.2) is 0 Å². The van der Waals surface area contributed by atoms with Crippen molar-refractivity contribution in [1.29, 1.82) is 0 Å². The number of benzene rings is 2. The molecular weight excluding hydrogens is 278 g/mol. The monoisotopic (exact) mass is 291 g/mol. The van der Waals surface area contributed by atoms with Gasteiger partial charge in [-0.2, -0.15) is 0 Å². The lowest BCUT2D eigenvalue weighted by atomic mass is 10.1. The minimum atomic E-state index is -4.02. The molecule has 0 saturated heterocycles. The van der Waals surface area contributed by atoms with Crippen molar-refractivity contribution in [2.45, 2.75) is 4.90 Å². The molecule has 2 rings (SSSR count). The van der Waals surface area contributed by atoms with Crippen LogP contribution in [0.2, 0.25) is 0 Å². The first-order valence-corrected chi connectivity index (χ1v) is 7.31. The van der Waals surface area contributed by atoms with E-state index < -0.39 is 10.0 Å². The van der Waals surface area contributed by atoms with E-state index in [4.69, 9.17) is 11.3 Å². The van der Waals surface area contributed by atoms with Crippen LogP contribution in [0.5, 0.6) is 0 Å². The second-order valence-corrected chi connectivity index (χ2v) is 5.57. The van der Waals surface area contributed by atoms with Crippen molar-refractivity contribution in [2.24, 2.45) is 10.3 Å². The van der Waals surface area contributed by atoms with Crippen LogP contribution in [0, 0.1) is 0 Å². The van der Waals surface area contributed by atoms with E-state index in [1.807, 2.05) is 6.07 Å². The molecule has 2 aromatic carbocycles. The van der Waals surface area contributed by atoms with Crippen LogP contribution in [0.3, 0.4) is 0 Å². The lowest BCUT2D eigenvalue weighted by molar-refractivity contribution is 0.598. The largest absolute Gasteiger partial charge is 0.383 e. The van der Waals surface area contributed by atoms with Crippen molar-refractivity contribution >= 4 is 26.5 Å². The van der Waals surface area contributed by atoms with E-state index >= 15 is 0 Å². The molecule has 0 unspecified atom stereocenters. The molecule has 20 heavy (non-hydrogen) atoms. The number of nitrogens with two attached hydrogens (primary N) is 1. The standard InChI is InChI=1S/C12H13N5O2S/c13-7-8-15-11-5-1-4-10-9(11)3-2-6-12(10)20(18,19)17-16-14/h1-6,15H,7-8,13H2. The lowest BCUT2D eigenvalue weighted by Gasteiger charge is -2.10. The Hall–Kier alpha value is -2.28. The molecule has 0 aliphatic rings. The van der Waals surface area contributed by atoms with Gasteiger partial charge in [-0.1, -0.05) is 24.3 Å². The maximum absolute atomic E-state index is 11.9. The van der Waals surface area contributed by atoms with Crippen LogP contribution in [0.15, 0.2) is 45.8 Å². The molecule has 0 fully saturated rings. The zero-order valence-electron chi connectivity index (χ0n) is 10.5. The van der Waals surface area contributed by atoms with Crippen LogP contribution in [0.4, 0.5) is 5.69 Å². The van der Waals surface area contributed by atoms with Crippen LogP contribution >= 0.6 is 0 Å². The maximum Gasteiger partial charge on any atom is 0.264 e. The Morgan fingerprint density at radius 2 is 1.90 bits per heavy atom. The number of sulfonamides is 1. The second kappa shape index (κ2) is 5.79. The number of fused-ring (bicyclic) bond motifs is 1. The Kier molecular flexibility index (Phi) is 4.09. The van der Waals surface area contributed by atoms with E-state index in [0.29, 0.717) is 18.5 Å². The Labute approximate surface area is 116 Å². The molecule has 0 atom stereocenters. The highest BCUT2D eigenvalue weighted by molar-refractivity contribution is 7.90. The highest BCUT2D eigenvalue weighted by Crippen LogP contribution is 2.29. The molecule has 3 N–H and O–H groups in total. The molecule has 0 bridgehead atoms. The first-order chi connectivity index (χ1) is 9.60. The van der Waals surface area contributed by atoms with E-state index in [2.05, 4.69) is 14.7 Å².